The maximum atomic E-state index is 15.0. The van der Waals surface area contributed by atoms with Crippen LogP contribution < -0.4 is 0 Å². The van der Waals surface area contributed by atoms with Crippen molar-refractivity contribution in [2.45, 2.75) is 39.5 Å². The third-order valence-corrected chi connectivity index (χ3v) is 6.03. The van der Waals surface area contributed by atoms with Gasteiger partial charge < -0.3 is 0 Å². The lowest BCUT2D eigenvalue weighted by molar-refractivity contribution is 0.553. The van der Waals surface area contributed by atoms with Gasteiger partial charge in [-0.3, -0.25) is 0 Å². The Bertz CT molecular complexity index is 1280. The van der Waals surface area contributed by atoms with E-state index in [1.54, 1.807) is 18.2 Å². The predicted molar refractivity (Wildman–Crippen MR) is 131 cm³/mol. The van der Waals surface area contributed by atoms with Crippen LogP contribution in [0.4, 0.5) is 17.6 Å². The molecule has 0 nitrogen and oxygen atoms in total. The van der Waals surface area contributed by atoms with E-state index in [-0.39, 0.29) is 28.7 Å². The van der Waals surface area contributed by atoms with Crippen LogP contribution in [0.2, 0.25) is 0 Å². The summed E-state index contributed by atoms with van der Waals surface area (Å²) in [4.78, 5) is 0. The van der Waals surface area contributed by atoms with Crippen molar-refractivity contribution in [2.24, 2.45) is 0 Å². The highest BCUT2D eigenvalue weighted by Gasteiger charge is 2.15. The molecule has 4 rings (SSSR count). The van der Waals surface area contributed by atoms with Gasteiger partial charge >= 0.3 is 0 Å². The highest BCUT2D eigenvalue weighted by atomic mass is 19.1. The molecule has 0 aliphatic rings. The topological polar surface area (TPSA) is 0 Å². The van der Waals surface area contributed by atoms with Crippen LogP contribution in [0.15, 0.2) is 72.8 Å². The van der Waals surface area contributed by atoms with Crippen LogP contribution in [0.3, 0.4) is 0 Å². The second kappa shape index (κ2) is 10.3. The van der Waals surface area contributed by atoms with Crippen LogP contribution in [-0.4, -0.2) is 0 Å². The Morgan fingerprint density at radius 2 is 0.941 bits per heavy atom. The summed E-state index contributed by atoms with van der Waals surface area (Å²) in [5.74, 6) is -2.52. The first-order valence-electron chi connectivity index (χ1n) is 11.6. The maximum Gasteiger partial charge on any atom is 0.131 e. The molecule has 0 aromatic heterocycles. The number of rotatable bonds is 7. The molecule has 0 N–H and O–H groups in total. The number of benzene rings is 4. The van der Waals surface area contributed by atoms with Gasteiger partial charge in [-0.25, -0.2) is 17.6 Å². The van der Waals surface area contributed by atoms with Gasteiger partial charge in [0.1, 0.15) is 23.3 Å². The first-order chi connectivity index (χ1) is 16.4. The van der Waals surface area contributed by atoms with Gasteiger partial charge in [-0.15, -0.1) is 0 Å². The minimum Gasteiger partial charge on any atom is -0.207 e. The summed E-state index contributed by atoms with van der Waals surface area (Å²) in [6, 6.07) is 19.4. The zero-order chi connectivity index (χ0) is 24.2. The molecule has 0 amide bonds. The molecule has 4 heteroatoms. The Morgan fingerprint density at radius 1 is 0.471 bits per heavy atom. The fourth-order valence-corrected chi connectivity index (χ4v) is 4.25. The molecule has 0 saturated carbocycles. The molecular formula is C30H26F4. The number of hydrogen-bond acceptors (Lipinski definition) is 0. The second-order valence-corrected chi connectivity index (χ2v) is 8.50. The summed E-state index contributed by atoms with van der Waals surface area (Å²) < 4.78 is 58.6. The second-order valence-electron chi connectivity index (χ2n) is 8.50. The predicted octanol–water partition coefficient (Wildman–Crippen LogP) is 9.15. The number of halogens is 4. The van der Waals surface area contributed by atoms with Gasteiger partial charge in [-0.1, -0.05) is 75.2 Å². The summed E-state index contributed by atoms with van der Waals surface area (Å²) in [5.41, 5.74) is 3.67. The lowest BCUT2D eigenvalue weighted by Crippen LogP contribution is -1.97. The van der Waals surface area contributed by atoms with Gasteiger partial charge in [0.25, 0.3) is 0 Å². The SMILES string of the molecule is CCCc1ccc(-c2ccc(-c3ccc(-c4cc(F)c(CCC)c(F)c4)c(F)c3)c(F)c2)cc1. The van der Waals surface area contributed by atoms with E-state index in [4.69, 9.17) is 0 Å². The van der Waals surface area contributed by atoms with E-state index in [0.717, 1.165) is 36.1 Å². The van der Waals surface area contributed by atoms with Gasteiger partial charge in [0.15, 0.2) is 0 Å². The molecule has 0 radical (unpaired) electrons. The third kappa shape index (κ3) is 4.91. The quantitative estimate of drug-likeness (QED) is 0.240. The van der Waals surface area contributed by atoms with Crippen LogP contribution in [0.1, 0.15) is 37.8 Å². The first kappa shape index (κ1) is 23.7. The molecule has 174 valence electrons. The fourth-order valence-electron chi connectivity index (χ4n) is 4.25. The Labute approximate surface area is 197 Å². The molecule has 4 aromatic rings. The molecule has 0 atom stereocenters. The van der Waals surface area contributed by atoms with E-state index in [9.17, 15) is 17.6 Å². The largest absolute Gasteiger partial charge is 0.207 e. The molecule has 0 unspecified atom stereocenters. The van der Waals surface area contributed by atoms with Crippen molar-refractivity contribution < 1.29 is 17.6 Å². The van der Waals surface area contributed by atoms with Crippen molar-refractivity contribution in [3.05, 3.63) is 107 Å². The van der Waals surface area contributed by atoms with E-state index < -0.39 is 23.3 Å². The molecular weight excluding hydrogens is 436 g/mol. The molecule has 0 spiro atoms. The van der Waals surface area contributed by atoms with Crippen molar-refractivity contribution in [3.63, 3.8) is 0 Å². The fraction of sp³-hybridized carbons (Fsp3) is 0.200. The summed E-state index contributed by atoms with van der Waals surface area (Å²) in [7, 11) is 0. The zero-order valence-corrected chi connectivity index (χ0v) is 19.3. The summed E-state index contributed by atoms with van der Waals surface area (Å²) in [6.07, 6.45) is 2.94. The number of aryl methyl sites for hydroxylation is 1. The van der Waals surface area contributed by atoms with Crippen molar-refractivity contribution in [3.8, 4) is 33.4 Å². The number of hydrogen-bond donors (Lipinski definition) is 0. The van der Waals surface area contributed by atoms with E-state index in [1.807, 2.05) is 31.2 Å². The maximum absolute atomic E-state index is 15.0. The van der Waals surface area contributed by atoms with Crippen LogP contribution >= 0.6 is 0 Å². The molecule has 0 fully saturated rings. The van der Waals surface area contributed by atoms with Crippen molar-refractivity contribution in [1.29, 1.82) is 0 Å². The van der Waals surface area contributed by atoms with Crippen LogP contribution in [0, 0.1) is 23.3 Å². The van der Waals surface area contributed by atoms with Gasteiger partial charge in [-0.2, -0.15) is 0 Å². The molecule has 0 saturated heterocycles. The molecule has 0 aliphatic carbocycles. The van der Waals surface area contributed by atoms with E-state index in [0.29, 0.717) is 12.0 Å². The van der Waals surface area contributed by atoms with Gasteiger partial charge in [-0.05, 0) is 64.9 Å². The summed E-state index contributed by atoms with van der Waals surface area (Å²) in [5, 5.41) is 0. The highest BCUT2D eigenvalue weighted by molar-refractivity contribution is 5.74. The summed E-state index contributed by atoms with van der Waals surface area (Å²) >= 11 is 0. The molecule has 0 heterocycles. The normalized spacial score (nSPS) is 11.1. The zero-order valence-electron chi connectivity index (χ0n) is 19.3. The van der Waals surface area contributed by atoms with Crippen LogP contribution in [-0.2, 0) is 12.8 Å². The lowest BCUT2D eigenvalue weighted by Gasteiger charge is -2.11. The van der Waals surface area contributed by atoms with Gasteiger partial charge in [0.05, 0.1) is 0 Å². The van der Waals surface area contributed by atoms with E-state index >= 15 is 0 Å². The molecule has 0 bridgehead atoms. The van der Waals surface area contributed by atoms with Crippen molar-refractivity contribution >= 4 is 0 Å². The molecule has 34 heavy (non-hydrogen) atoms. The third-order valence-electron chi connectivity index (χ3n) is 6.03. The van der Waals surface area contributed by atoms with E-state index in [1.165, 1.54) is 23.8 Å². The van der Waals surface area contributed by atoms with Gasteiger partial charge in [0, 0.05) is 16.7 Å². The van der Waals surface area contributed by atoms with Crippen LogP contribution in [0.25, 0.3) is 33.4 Å². The summed E-state index contributed by atoms with van der Waals surface area (Å²) in [6.45, 7) is 3.96. The Kier molecular flexibility index (Phi) is 7.16. The average molecular weight is 463 g/mol. The van der Waals surface area contributed by atoms with Crippen LogP contribution in [0.5, 0.6) is 0 Å². The molecule has 4 aromatic carbocycles. The van der Waals surface area contributed by atoms with Gasteiger partial charge in [0.2, 0.25) is 0 Å². The Balaban J connectivity index is 1.63. The minimum absolute atomic E-state index is 0.00504. The first-order valence-corrected chi connectivity index (χ1v) is 11.6. The standard InChI is InChI=1S/C30H26F4/c1-3-5-19-7-9-20(10-8-19)21-11-13-24(27(31)15-21)22-12-14-25(28(32)16-22)23-17-29(33)26(6-4-2)30(34)18-23/h7-18H,3-6H2,1-2H3. The lowest BCUT2D eigenvalue weighted by atomic mass is 9.95. The monoisotopic (exact) mass is 462 g/mol. The smallest absolute Gasteiger partial charge is 0.131 e. The van der Waals surface area contributed by atoms with Crippen molar-refractivity contribution in [2.75, 3.05) is 0 Å². The molecule has 0 aliphatic heterocycles. The average Bonchev–Trinajstić information content (AvgIpc) is 2.82. The highest BCUT2D eigenvalue weighted by Crippen LogP contribution is 2.33. The Hall–Kier alpha value is -3.40. The van der Waals surface area contributed by atoms with Crippen molar-refractivity contribution in [1.82, 2.24) is 0 Å². The van der Waals surface area contributed by atoms with E-state index in [2.05, 4.69) is 6.92 Å². The Morgan fingerprint density at radius 3 is 1.50 bits per heavy atom. The minimum atomic E-state index is -0.690.